The molecule has 6 heteroatoms. The van der Waals surface area contributed by atoms with Crippen LogP contribution in [-0.2, 0) is 12.6 Å². The molecule has 1 N–H and O–H groups in total. The Morgan fingerprint density at radius 1 is 1.04 bits per heavy atom. The summed E-state index contributed by atoms with van der Waals surface area (Å²) in [5, 5.41) is 8.11. The molecule has 2 heterocycles. The van der Waals surface area contributed by atoms with Crippen LogP contribution in [0.15, 0.2) is 42.5 Å². The predicted molar refractivity (Wildman–Crippen MR) is 105 cm³/mol. The number of hydrogen-bond acceptors (Lipinski definition) is 2. The van der Waals surface area contributed by atoms with Crippen LogP contribution in [0.3, 0.4) is 0 Å². The first-order valence-corrected chi connectivity index (χ1v) is 9.46. The van der Waals surface area contributed by atoms with Crippen LogP contribution < -0.4 is 5.32 Å². The van der Waals surface area contributed by atoms with Gasteiger partial charge in [0.15, 0.2) is 0 Å². The number of aryl methyl sites for hydroxylation is 2. The molecule has 1 aliphatic heterocycles. The van der Waals surface area contributed by atoms with Gasteiger partial charge < -0.3 is 5.32 Å². The Labute approximate surface area is 162 Å². The molecule has 0 saturated heterocycles. The second kappa shape index (κ2) is 7.00. The summed E-state index contributed by atoms with van der Waals surface area (Å²) in [6.07, 6.45) is -1.83. The zero-order valence-corrected chi connectivity index (χ0v) is 15.9. The van der Waals surface area contributed by atoms with Crippen molar-refractivity contribution in [3.63, 3.8) is 0 Å². The number of rotatable bonds is 2. The van der Waals surface area contributed by atoms with Gasteiger partial charge >= 0.3 is 6.18 Å². The van der Waals surface area contributed by atoms with Gasteiger partial charge in [-0.3, -0.25) is 0 Å². The first-order valence-electron chi connectivity index (χ1n) is 9.46. The second-order valence-electron chi connectivity index (χ2n) is 7.30. The van der Waals surface area contributed by atoms with Crippen molar-refractivity contribution in [2.24, 2.45) is 0 Å². The molecular formula is C22H22F3N3. The molecule has 0 amide bonds. The standard InChI is InChI=1S/C22H22F3N3/c1-14-10-11-15(2)19(13-14)28-21-17(8-5-6-12-26-21)20(27-28)16-7-3-4-9-18(16)22(23,24)25/h3-4,7,9-11,13,26H,5-6,8,12H2,1-2H3. The third-order valence-corrected chi connectivity index (χ3v) is 5.21. The van der Waals surface area contributed by atoms with E-state index >= 15 is 0 Å². The summed E-state index contributed by atoms with van der Waals surface area (Å²) < 4.78 is 42.7. The zero-order chi connectivity index (χ0) is 19.9. The first kappa shape index (κ1) is 18.6. The fourth-order valence-electron chi connectivity index (χ4n) is 3.78. The van der Waals surface area contributed by atoms with Crippen LogP contribution in [0.5, 0.6) is 0 Å². The Balaban J connectivity index is 1.98. The van der Waals surface area contributed by atoms with Crippen LogP contribution in [0, 0.1) is 13.8 Å². The Bertz CT molecular complexity index is 1020. The Morgan fingerprint density at radius 2 is 1.82 bits per heavy atom. The summed E-state index contributed by atoms with van der Waals surface area (Å²) >= 11 is 0. The number of hydrogen-bond donors (Lipinski definition) is 1. The highest BCUT2D eigenvalue weighted by atomic mass is 19.4. The third-order valence-electron chi connectivity index (χ3n) is 5.21. The van der Waals surface area contributed by atoms with Gasteiger partial charge in [0.05, 0.1) is 16.9 Å². The average molecular weight is 385 g/mol. The molecule has 2 aromatic carbocycles. The zero-order valence-electron chi connectivity index (χ0n) is 15.9. The van der Waals surface area contributed by atoms with Gasteiger partial charge in [-0.15, -0.1) is 0 Å². The fourth-order valence-corrected chi connectivity index (χ4v) is 3.78. The minimum Gasteiger partial charge on any atom is -0.370 e. The lowest BCUT2D eigenvalue weighted by Gasteiger charge is -2.12. The van der Waals surface area contributed by atoms with E-state index in [0.29, 0.717) is 12.1 Å². The summed E-state index contributed by atoms with van der Waals surface area (Å²) in [6.45, 7) is 4.77. The number of alkyl halides is 3. The minimum absolute atomic E-state index is 0.138. The molecule has 0 saturated carbocycles. The molecule has 146 valence electrons. The van der Waals surface area contributed by atoms with E-state index in [9.17, 15) is 13.2 Å². The van der Waals surface area contributed by atoms with Crippen molar-refractivity contribution in [2.75, 3.05) is 11.9 Å². The van der Waals surface area contributed by atoms with Crippen molar-refractivity contribution >= 4 is 5.82 Å². The van der Waals surface area contributed by atoms with Crippen molar-refractivity contribution in [1.29, 1.82) is 0 Å². The summed E-state index contributed by atoms with van der Waals surface area (Å²) in [7, 11) is 0. The van der Waals surface area contributed by atoms with E-state index in [1.54, 1.807) is 10.7 Å². The number of aromatic nitrogens is 2. The quantitative estimate of drug-likeness (QED) is 0.593. The van der Waals surface area contributed by atoms with Crippen LogP contribution in [-0.4, -0.2) is 16.3 Å². The molecule has 28 heavy (non-hydrogen) atoms. The van der Waals surface area contributed by atoms with Crippen molar-refractivity contribution in [3.8, 4) is 16.9 Å². The van der Waals surface area contributed by atoms with Crippen molar-refractivity contribution in [1.82, 2.24) is 9.78 Å². The molecule has 0 unspecified atom stereocenters. The van der Waals surface area contributed by atoms with Crippen LogP contribution in [0.1, 0.15) is 35.1 Å². The van der Waals surface area contributed by atoms with Gasteiger partial charge in [0.2, 0.25) is 0 Å². The molecule has 0 radical (unpaired) electrons. The van der Waals surface area contributed by atoms with E-state index in [-0.39, 0.29) is 5.56 Å². The normalized spacial score (nSPS) is 14.3. The SMILES string of the molecule is Cc1ccc(C)c(-n2nc(-c3ccccc3C(F)(F)F)c3c2NCCCC3)c1. The van der Waals surface area contributed by atoms with E-state index in [1.165, 1.54) is 12.1 Å². The van der Waals surface area contributed by atoms with Gasteiger partial charge in [-0.25, -0.2) is 4.68 Å². The average Bonchev–Trinajstić information content (AvgIpc) is 2.84. The van der Waals surface area contributed by atoms with Gasteiger partial charge in [-0.1, -0.05) is 30.3 Å². The van der Waals surface area contributed by atoms with E-state index < -0.39 is 11.7 Å². The highest BCUT2D eigenvalue weighted by Gasteiger charge is 2.35. The molecule has 1 aliphatic rings. The maximum atomic E-state index is 13.6. The molecule has 0 aliphatic carbocycles. The summed E-state index contributed by atoms with van der Waals surface area (Å²) in [6, 6.07) is 11.8. The second-order valence-corrected chi connectivity index (χ2v) is 7.30. The van der Waals surface area contributed by atoms with Gasteiger partial charge in [-0.05, 0) is 56.4 Å². The van der Waals surface area contributed by atoms with Gasteiger partial charge in [0, 0.05) is 17.7 Å². The molecule has 4 rings (SSSR count). The monoisotopic (exact) mass is 385 g/mol. The molecule has 1 aromatic heterocycles. The number of anilines is 1. The van der Waals surface area contributed by atoms with E-state index in [0.717, 1.165) is 53.6 Å². The Hall–Kier alpha value is -2.76. The third kappa shape index (κ3) is 3.28. The highest BCUT2D eigenvalue weighted by molar-refractivity contribution is 5.74. The largest absolute Gasteiger partial charge is 0.417 e. The molecule has 0 bridgehead atoms. The highest BCUT2D eigenvalue weighted by Crippen LogP contribution is 2.41. The van der Waals surface area contributed by atoms with E-state index in [4.69, 9.17) is 5.10 Å². The van der Waals surface area contributed by atoms with Crippen LogP contribution in [0.25, 0.3) is 16.9 Å². The van der Waals surface area contributed by atoms with Crippen LogP contribution >= 0.6 is 0 Å². The first-order chi connectivity index (χ1) is 13.4. The number of halogens is 3. The molecular weight excluding hydrogens is 363 g/mol. The van der Waals surface area contributed by atoms with Gasteiger partial charge in [0.25, 0.3) is 0 Å². The Kier molecular flexibility index (Phi) is 4.65. The molecule has 0 spiro atoms. The summed E-state index contributed by atoms with van der Waals surface area (Å²) in [5.41, 5.74) is 3.76. The number of nitrogens with zero attached hydrogens (tertiary/aromatic N) is 2. The lowest BCUT2D eigenvalue weighted by atomic mass is 9.99. The van der Waals surface area contributed by atoms with Crippen molar-refractivity contribution < 1.29 is 13.2 Å². The van der Waals surface area contributed by atoms with Crippen LogP contribution in [0.4, 0.5) is 19.0 Å². The van der Waals surface area contributed by atoms with E-state index in [1.807, 2.05) is 32.0 Å². The number of nitrogens with one attached hydrogen (secondary N) is 1. The smallest absolute Gasteiger partial charge is 0.370 e. The number of fused-ring (bicyclic) bond motifs is 1. The maximum absolute atomic E-state index is 13.6. The van der Waals surface area contributed by atoms with Gasteiger partial charge in [0.1, 0.15) is 5.82 Å². The van der Waals surface area contributed by atoms with E-state index in [2.05, 4.69) is 5.32 Å². The molecule has 3 aromatic rings. The van der Waals surface area contributed by atoms with Crippen molar-refractivity contribution in [3.05, 3.63) is 64.7 Å². The minimum atomic E-state index is -4.43. The van der Waals surface area contributed by atoms with Crippen molar-refractivity contribution in [2.45, 2.75) is 39.3 Å². The maximum Gasteiger partial charge on any atom is 0.417 e. The fraction of sp³-hybridized carbons (Fsp3) is 0.318. The molecule has 0 fully saturated rings. The Morgan fingerprint density at radius 3 is 2.61 bits per heavy atom. The topological polar surface area (TPSA) is 29.9 Å². The van der Waals surface area contributed by atoms with Gasteiger partial charge in [-0.2, -0.15) is 18.3 Å². The number of benzene rings is 2. The van der Waals surface area contributed by atoms with Crippen LogP contribution in [0.2, 0.25) is 0 Å². The predicted octanol–water partition coefficient (Wildman–Crippen LogP) is 5.92. The lowest BCUT2D eigenvalue weighted by molar-refractivity contribution is -0.137. The lowest BCUT2D eigenvalue weighted by Crippen LogP contribution is -2.09. The molecule has 0 atom stereocenters. The molecule has 3 nitrogen and oxygen atoms in total. The summed E-state index contributed by atoms with van der Waals surface area (Å²) in [5.74, 6) is 0.804. The summed E-state index contributed by atoms with van der Waals surface area (Å²) in [4.78, 5) is 0.